The van der Waals surface area contributed by atoms with Crippen LogP contribution in [0.15, 0.2) is 0 Å². The number of Topliss-reactive ketones (excluding diaryl/α,β-unsaturated/α-hetero) is 1. The fraction of sp³-hybridized carbons (Fsp3) is 0.875. The van der Waals surface area contributed by atoms with Crippen molar-refractivity contribution in [1.82, 2.24) is 0 Å². The molecular weight excluding hydrogens is 144 g/mol. The van der Waals surface area contributed by atoms with Crippen molar-refractivity contribution in [3.05, 3.63) is 0 Å². The zero-order valence-corrected chi connectivity index (χ0v) is 6.47. The molecule has 0 atom stereocenters. The van der Waals surface area contributed by atoms with Crippen molar-refractivity contribution in [3.63, 3.8) is 0 Å². The summed E-state index contributed by atoms with van der Waals surface area (Å²) in [6.07, 6.45) is 3.18. The van der Waals surface area contributed by atoms with Crippen LogP contribution in [0.25, 0.3) is 0 Å². The fourth-order valence-corrected chi connectivity index (χ4v) is 1.69. The first-order valence-electron chi connectivity index (χ1n) is 4.15. The third-order valence-corrected chi connectivity index (χ3v) is 2.29. The van der Waals surface area contributed by atoms with Crippen molar-refractivity contribution in [3.8, 4) is 0 Å². The molecule has 2 aliphatic rings. The maximum Gasteiger partial charge on any atom is 0.228 e. The van der Waals surface area contributed by atoms with Crippen molar-refractivity contribution < 1.29 is 14.3 Å². The SMILES string of the molecule is O=C1CCCOC12CCCO2. The van der Waals surface area contributed by atoms with Gasteiger partial charge in [0.25, 0.3) is 0 Å². The van der Waals surface area contributed by atoms with Crippen LogP contribution < -0.4 is 0 Å². The minimum atomic E-state index is -0.807. The van der Waals surface area contributed by atoms with E-state index in [2.05, 4.69) is 0 Å². The molecule has 1 spiro atoms. The van der Waals surface area contributed by atoms with Crippen molar-refractivity contribution in [2.24, 2.45) is 0 Å². The standard InChI is InChI=1S/C8H12O3/c9-7-3-1-5-10-8(7)4-2-6-11-8/h1-6H2. The van der Waals surface area contributed by atoms with Crippen molar-refractivity contribution in [2.45, 2.75) is 31.5 Å². The molecule has 3 nitrogen and oxygen atoms in total. The molecule has 0 bridgehead atoms. The molecule has 0 aromatic carbocycles. The lowest BCUT2D eigenvalue weighted by molar-refractivity contribution is -0.219. The number of hydrogen-bond acceptors (Lipinski definition) is 3. The number of carbonyl (C=O) groups is 1. The Labute approximate surface area is 65.7 Å². The van der Waals surface area contributed by atoms with E-state index >= 15 is 0 Å². The van der Waals surface area contributed by atoms with Crippen molar-refractivity contribution in [1.29, 1.82) is 0 Å². The van der Waals surface area contributed by atoms with E-state index in [1.165, 1.54) is 0 Å². The molecule has 2 fully saturated rings. The Morgan fingerprint density at radius 3 is 2.45 bits per heavy atom. The Balaban J connectivity index is 2.13. The van der Waals surface area contributed by atoms with Gasteiger partial charge in [-0.1, -0.05) is 0 Å². The molecule has 0 saturated carbocycles. The summed E-state index contributed by atoms with van der Waals surface area (Å²) >= 11 is 0. The minimum Gasteiger partial charge on any atom is -0.344 e. The third-order valence-electron chi connectivity index (χ3n) is 2.29. The largest absolute Gasteiger partial charge is 0.344 e. The van der Waals surface area contributed by atoms with E-state index in [1.807, 2.05) is 0 Å². The lowest BCUT2D eigenvalue weighted by atomic mass is 10.0. The molecule has 0 aliphatic carbocycles. The monoisotopic (exact) mass is 156 g/mol. The first-order valence-corrected chi connectivity index (χ1v) is 4.15. The topological polar surface area (TPSA) is 35.5 Å². The normalized spacial score (nSPS) is 38.4. The molecular formula is C8H12O3. The maximum atomic E-state index is 11.4. The molecule has 0 aromatic rings. The van der Waals surface area contributed by atoms with E-state index in [9.17, 15) is 4.79 Å². The molecule has 2 saturated heterocycles. The third kappa shape index (κ3) is 1.08. The predicted molar refractivity (Wildman–Crippen MR) is 38.1 cm³/mol. The molecule has 3 heteroatoms. The summed E-state index contributed by atoms with van der Waals surface area (Å²) in [7, 11) is 0. The smallest absolute Gasteiger partial charge is 0.228 e. The van der Waals surface area contributed by atoms with E-state index in [4.69, 9.17) is 9.47 Å². The Kier molecular flexibility index (Phi) is 1.69. The zero-order valence-electron chi connectivity index (χ0n) is 6.47. The molecule has 62 valence electrons. The van der Waals surface area contributed by atoms with Crippen LogP contribution >= 0.6 is 0 Å². The number of ether oxygens (including phenoxy) is 2. The first-order chi connectivity index (χ1) is 5.33. The second-order valence-electron chi connectivity index (χ2n) is 3.08. The Morgan fingerprint density at radius 2 is 1.91 bits per heavy atom. The van der Waals surface area contributed by atoms with Gasteiger partial charge in [-0.05, 0) is 12.8 Å². The summed E-state index contributed by atoms with van der Waals surface area (Å²) in [5.41, 5.74) is 0. The Bertz CT molecular complexity index is 170. The van der Waals surface area contributed by atoms with Gasteiger partial charge in [-0.2, -0.15) is 0 Å². The maximum absolute atomic E-state index is 11.4. The average molecular weight is 156 g/mol. The van der Waals surface area contributed by atoms with Gasteiger partial charge >= 0.3 is 0 Å². The van der Waals surface area contributed by atoms with E-state index in [0.717, 1.165) is 19.3 Å². The highest BCUT2D eigenvalue weighted by Gasteiger charge is 2.44. The van der Waals surface area contributed by atoms with E-state index < -0.39 is 5.79 Å². The molecule has 11 heavy (non-hydrogen) atoms. The first kappa shape index (κ1) is 7.25. The molecule has 0 N–H and O–H groups in total. The lowest BCUT2D eigenvalue weighted by Gasteiger charge is -2.30. The highest BCUT2D eigenvalue weighted by Crippen LogP contribution is 2.32. The number of ketones is 1. The number of rotatable bonds is 0. The molecule has 0 unspecified atom stereocenters. The average Bonchev–Trinajstić information content (AvgIpc) is 2.46. The minimum absolute atomic E-state index is 0.140. The van der Waals surface area contributed by atoms with Gasteiger partial charge in [-0.15, -0.1) is 0 Å². The molecule has 0 radical (unpaired) electrons. The zero-order chi connectivity index (χ0) is 7.73. The van der Waals surface area contributed by atoms with Gasteiger partial charge in [0.05, 0.1) is 13.2 Å². The lowest BCUT2D eigenvalue weighted by Crippen LogP contribution is -2.44. The van der Waals surface area contributed by atoms with Crippen molar-refractivity contribution in [2.75, 3.05) is 13.2 Å². The van der Waals surface area contributed by atoms with Crippen LogP contribution in [-0.4, -0.2) is 24.8 Å². The van der Waals surface area contributed by atoms with Crippen LogP contribution in [0.2, 0.25) is 0 Å². The Hall–Kier alpha value is -0.410. The van der Waals surface area contributed by atoms with Crippen molar-refractivity contribution >= 4 is 5.78 Å². The molecule has 0 amide bonds. The summed E-state index contributed by atoms with van der Waals surface area (Å²) < 4.78 is 10.7. The second-order valence-corrected chi connectivity index (χ2v) is 3.08. The molecule has 0 aromatic heterocycles. The highest BCUT2D eigenvalue weighted by atomic mass is 16.7. The molecule has 2 rings (SSSR count). The summed E-state index contributed by atoms with van der Waals surface area (Å²) in [5, 5.41) is 0. The summed E-state index contributed by atoms with van der Waals surface area (Å²) in [4.78, 5) is 11.4. The van der Waals surface area contributed by atoms with Crippen LogP contribution in [0, 0.1) is 0 Å². The number of carbonyl (C=O) groups excluding carboxylic acids is 1. The van der Waals surface area contributed by atoms with Gasteiger partial charge in [-0.25, -0.2) is 0 Å². The molecule has 2 heterocycles. The fourth-order valence-electron chi connectivity index (χ4n) is 1.69. The van der Waals surface area contributed by atoms with Crippen LogP contribution in [-0.2, 0) is 14.3 Å². The van der Waals surface area contributed by atoms with E-state index in [-0.39, 0.29) is 5.78 Å². The summed E-state index contributed by atoms with van der Waals surface area (Å²) in [5.74, 6) is -0.667. The number of hydrogen-bond donors (Lipinski definition) is 0. The van der Waals surface area contributed by atoms with Crippen LogP contribution in [0.4, 0.5) is 0 Å². The van der Waals surface area contributed by atoms with E-state index in [1.54, 1.807) is 0 Å². The van der Waals surface area contributed by atoms with Crippen LogP contribution in [0.3, 0.4) is 0 Å². The highest BCUT2D eigenvalue weighted by molar-refractivity contribution is 5.86. The summed E-state index contributed by atoms with van der Waals surface area (Å²) in [6.45, 7) is 1.34. The Morgan fingerprint density at radius 1 is 1.18 bits per heavy atom. The van der Waals surface area contributed by atoms with Crippen LogP contribution in [0.1, 0.15) is 25.7 Å². The van der Waals surface area contributed by atoms with Gasteiger partial charge in [-0.3, -0.25) is 4.79 Å². The predicted octanol–water partition coefficient (Wildman–Crippen LogP) is 0.873. The molecule has 2 aliphatic heterocycles. The van der Waals surface area contributed by atoms with Gasteiger partial charge < -0.3 is 9.47 Å². The quantitative estimate of drug-likeness (QED) is 0.522. The van der Waals surface area contributed by atoms with Gasteiger partial charge in [0.15, 0.2) is 5.78 Å². The van der Waals surface area contributed by atoms with Gasteiger partial charge in [0.2, 0.25) is 5.79 Å². The van der Waals surface area contributed by atoms with E-state index in [0.29, 0.717) is 19.6 Å². The van der Waals surface area contributed by atoms with Gasteiger partial charge in [0, 0.05) is 12.8 Å². The second kappa shape index (κ2) is 2.57. The van der Waals surface area contributed by atoms with Gasteiger partial charge in [0.1, 0.15) is 0 Å². The summed E-state index contributed by atoms with van der Waals surface area (Å²) in [6, 6.07) is 0. The van der Waals surface area contributed by atoms with Crippen LogP contribution in [0.5, 0.6) is 0 Å².